The SMILES string of the molecule is Cc1nc2c(C)nc(NC(=O)N3CCc4c(N5CCN[C@H](C)C5)ccnc43)cn2n1.Cl. The van der Waals surface area contributed by atoms with E-state index in [1.807, 2.05) is 13.8 Å². The number of rotatable bonds is 2. The average molecular weight is 444 g/mol. The second-order valence-corrected chi connectivity index (χ2v) is 7.90. The molecule has 2 amide bonds. The Bertz CT molecular complexity index is 1130. The third kappa shape index (κ3) is 3.88. The maximum absolute atomic E-state index is 13.0. The first-order valence-electron chi connectivity index (χ1n) is 10.2. The van der Waals surface area contributed by atoms with Crippen molar-refractivity contribution in [2.75, 3.05) is 41.3 Å². The number of carbonyl (C=O) groups excluding carboxylic acids is 1. The van der Waals surface area contributed by atoms with Crippen molar-refractivity contribution < 1.29 is 4.79 Å². The number of amides is 2. The molecule has 5 rings (SSSR count). The Hall–Kier alpha value is -2.98. The van der Waals surface area contributed by atoms with Crippen LogP contribution in [0.2, 0.25) is 0 Å². The van der Waals surface area contributed by atoms with E-state index in [0.29, 0.717) is 35.6 Å². The van der Waals surface area contributed by atoms with Crippen molar-refractivity contribution in [1.29, 1.82) is 0 Å². The number of carbonyl (C=O) groups is 1. The van der Waals surface area contributed by atoms with Gasteiger partial charge in [-0.25, -0.2) is 24.3 Å². The Morgan fingerprint density at radius 3 is 2.90 bits per heavy atom. The van der Waals surface area contributed by atoms with Crippen LogP contribution in [0.25, 0.3) is 5.65 Å². The minimum absolute atomic E-state index is 0. The van der Waals surface area contributed by atoms with Gasteiger partial charge in [0.2, 0.25) is 0 Å². The average Bonchev–Trinajstić information content (AvgIpc) is 3.31. The summed E-state index contributed by atoms with van der Waals surface area (Å²) in [5.41, 5.74) is 3.71. The molecule has 0 radical (unpaired) electrons. The number of nitrogens with one attached hydrogen (secondary N) is 2. The molecular weight excluding hydrogens is 418 g/mol. The molecule has 164 valence electrons. The van der Waals surface area contributed by atoms with E-state index < -0.39 is 0 Å². The fourth-order valence-corrected chi connectivity index (χ4v) is 4.30. The lowest BCUT2D eigenvalue weighted by atomic mass is 10.1. The number of halogens is 1. The van der Waals surface area contributed by atoms with Gasteiger partial charge in [0.1, 0.15) is 11.6 Å². The standard InChI is InChI=1S/C20H25N9O.ClH/c1-12-10-27(9-7-21-12)16-4-6-22-19-15(16)5-8-28(19)20(30)25-17-11-29-18(13(2)23-17)24-14(3)26-29;/h4,6,11-12,21H,5,7-10H2,1-3H3,(H,25,30);1H/t12-;/m1./s1. The van der Waals surface area contributed by atoms with Gasteiger partial charge in [-0.2, -0.15) is 5.10 Å². The smallest absolute Gasteiger partial charge is 0.328 e. The van der Waals surface area contributed by atoms with Gasteiger partial charge >= 0.3 is 6.03 Å². The number of urea groups is 1. The van der Waals surface area contributed by atoms with Crippen LogP contribution < -0.4 is 20.4 Å². The zero-order chi connectivity index (χ0) is 20.8. The van der Waals surface area contributed by atoms with Crippen LogP contribution in [0.3, 0.4) is 0 Å². The highest BCUT2D eigenvalue weighted by molar-refractivity contribution is 6.02. The van der Waals surface area contributed by atoms with Crippen LogP contribution in [0, 0.1) is 13.8 Å². The summed E-state index contributed by atoms with van der Waals surface area (Å²) in [4.78, 5) is 30.4. The molecule has 3 aromatic heterocycles. The molecule has 0 spiro atoms. The number of piperazine rings is 1. The van der Waals surface area contributed by atoms with Crippen LogP contribution in [0.4, 0.5) is 22.1 Å². The quantitative estimate of drug-likeness (QED) is 0.623. The van der Waals surface area contributed by atoms with E-state index in [-0.39, 0.29) is 18.4 Å². The van der Waals surface area contributed by atoms with E-state index in [1.54, 1.807) is 21.8 Å². The molecule has 3 aromatic rings. The second-order valence-electron chi connectivity index (χ2n) is 7.90. The molecule has 0 bridgehead atoms. The minimum atomic E-state index is -0.241. The molecule has 5 heterocycles. The topological polar surface area (TPSA) is 104 Å². The molecule has 0 aromatic carbocycles. The Balaban J connectivity index is 0.00000231. The first kappa shape index (κ1) is 21.3. The highest BCUT2D eigenvalue weighted by atomic mass is 35.5. The van der Waals surface area contributed by atoms with E-state index in [9.17, 15) is 4.79 Å². The monoisotopic (exact) mass is 443 g/mol. The third-order valence-electron chi connectivity index (χ3n) is 5.63. The van der Waals surface area contributed by atoms with Crippen molar-refractivity contribution in [2.45, 2.75) is 33.2 Å². The van der Waals surface area contributed by atoms with E-state index in [1.165, 1.54) is 5.69 Å². The van der Waals surface area contributed by atoms with Gasteiger partial charge in [0.25, 0.3) is 0 Å². The molecule has 2 N–H and O–H groups in total. The molecule has 2 aliphatic heterocycles. The second kappa shape index (κ2) is 8.27. The Labute approximate surface area is 186 Å². The van der Waals surface area contributed by atoms with Crippen molar-refractivity contribution in [2.24, 2.45) is 0 Å². The number of nitrogens with zero attached hydrogens (tertiary/aromatic N) is 7. The molecule has 11 heteroatoms. The molecule has 0 aliphatic carbocycles. The van der Waals surface area contributed by atoms with Gasteiger partial charge in [-0.15, -0.1) is 12.4 Å². The Morgan fingerprint density at radius 1 is 1.26 bits per heavy atom. The predicted octanol–water partition coefficient (Wildman–Crippen LogP) is 1.95. The van der Waals surface area contributed by atoms with Crippen molar-refractivity contribution in [1.82, 2.24) is 29.9 Å². The lowest BCUT2D eigenvalue weighted by Gasteiger charge is -2.34. The molecule has 0 saturated carbocycles. The number of pyridine rings is 1. The van der Waals surface area contributed by atoms with E-state index in [0.717, 1.165) is 37.4 Å². The fourth-order valence-electron chi connectivity index (χ4n) is 4.30. The molecule has 2 aliphatic rings. The predicted molar refractivity (Wildman–Crippen MR) is 121 cm³/mol. The molecule has 0 unspecified atom stereocenters. The van der Waals surface area contributed by atoms with E-state index >= 15 is 0 Å². The van der Waals surface area contributed by atoms with Gasteiger partial charge in [0.15, 0.2) is 11.5 Å². The summed E-state index contributed by atoms with van der Waals surface area (Å²) in [6.45, 7) is 9.32. The largest absolute Gasteiger partial charge is 0.368 e. The summed E-state index contributed by atoms with van der Waals surface area (Å²) >= 11 is 0. The number of hydrogen-bond donors (Lipinski definition) is 2. The Morgan fingerprint density at radius 2 is 2.10 bits per heavy atom. The number of aromatic nitrogens is 5. The fraction of sp³-hybridized carbons (Fsp3) is 0.450. The van der Waals surface area contributed by atoms with Gasteiger partial charge in [0.05, 0.1) is 11.9 Å². The highest BCUT2D eigenvalue weighted by Gasteiger charge is 2.30. The maximum Gasteiger partial charge on any atom is 0.328 e. The van der Waals surface area contributed by atoms with E-state index in [2.05, 4.69) is 48.6 Å². The maximum atomic E-state index is 13.0. The third-order valence-corrected chi connectivity index (χ3v) is 5.63. The van der Waals surface area contributed by atoms with Crippen LogP contribution in [0.1, 0.15) is 24.0 Å². The van der Waals surface area contributed by atoms with Crippen LogP contribution in [0.15, 0.2) is 18.5 Å². The molecule has 10 nitrogen and oxygen atoms in total. The highest BCUT2D eigenvalue weighted by Crippen LogP contribution is 2.34. The summed E-state index contributed by atoms with van der Waals surface area (Å²) in [5, 5.41) is 10.7. The van der Waals surface area contributed by atoms with Crippen molar-refractivity contribution in [3.63, 3.8) is 0 Å². The van der Waals surface area contributed by atoms with Gasteiger partial charge in [-0.3, -0.25) is 10.2 Å². The van der Waals surface area contributed by atoms with Gasteiger partial charge in [-0.1, -0.05) is 0 Å². The summed E-state index contributed by atoms with van der Waals surface area (Å²) in [6, 6.07) is 2.26. The summed E-state index contributed by atoms with van der Waals surface area (Å²) in [7, 11) is 0. The number of aryl methyl sites for hydroxylation is 2. The minimum Gasteiger partial charge on any atom is -0.368 e. The number of anilines is 3. The molecular formula is C20H26ClN9O. The van der Waals surface area contributed by atoms with Crippen molar-refractivity contribution >= 4 is 41.4 Å². The number of fused-ring (bicyclic) bond motifs is 2. The molecule has 1 fully saturated rings. The van der Waals surface area contributed by atoms with Gasteiger partial charge < -0.3 is 10.2 Å². The zero-order valence-corrected chi connectivity index (χ0v) is 18.6. The van der Waals surface area contributed by atoms with Crippen LogP contribution in [-0.2, 0) is 6.42 Å². The lowest BCUT2D eigenvalue weighted by Crippen LogP contribution is -2.49. The van der Waals surface area contributed by atoms with Crippen LogP contribution in [-0.4, -0.2) is 62.8 Å². The van der Waals surface area contributed by atoms with Gasteiger partial charge in [0, 0.05) is 49.7 Å². The zero-order valence-electron chi connectivity index (χ0n) is 17.8. The molecule has 1 atom stereocenters. The first-order chi connectivity index (χ1) is 14.5. The van der Waals surface area contributed by atoms with E-state index in [4.69, 9.17) is 0 Å². The summed E-state index contributed by atoms with van der Waals surface area (Å²) in [5.74, 6) is 1.83. The summed E-state index contributed by atoms with van der Waals surface area (Å²) < 4.78 is 1.65. The summed E-state index contributed by atoms with van der Waals surface area (Å²) in [6.07, 6.45) is 4.26. The van der Waals surface area contributed by atoms with Crippen LogP contribution in [0.5, 0.6) is 0 Å². The van der Waals surface area contributed by atoms with Crippen LogP contribution >= 0.6 is 12.4 Å². The van der Waals surface area contributed by atoms with Crippen molar-refractivity contribution in [3.05, 3.63) is 35.5 Å². The lowest BCUT2D eigenvalue weighted by molar-refractivity contribution is 0.257. The van der Waals surface area contributed by atoms with Gasteiger partial charge in [-0.05, 0) is 33.3 Å². The molecule has 31 heavy (non-hydrogen) atoms. The number of hydrogen-bond acceptors (Lipinski definition) is 7. The Kier molecular flexibility index (Phi) is 5.67. The van der Waals surface area contributed by atoms with Crippen molar-refractivity contribution in [3.8, 4) is 0 Å². The normalized spacial score (nSPS) is 18.1. The first-order valence-corrected chi connectivity index (χ1v) is 10.2. The molecule has 1 saturated heterocycles.